The number of rotatable bonds is 3. The molecule has 2 aliphatic rings. The molecule has 1 aromatic heterocycles. The van der Waals surface area contributed by atoms with Crippen molar-refractivity contribution in [3.05, 3.63) is 27.1 Å². The molecule has 0 aromatic carbocycles. The number of amides is 2. The van der Waals surface area contributed by atoms with Crippen molar-refractivity contribution >= 4 is 40.6 Å². The third-order valence-corrected chi connectivity index (χ3v) is 5.29. The number of thiophene rings is 1. The predicted molar refractivity (Wildman–Crippen MR) is 92.1 cm³/mol. The van der Waals surface area contributed by atoms with Crippen molar-refractivity contribution in [3.63, 3.8) is 0 Å². The molecule has 1 atom stereocenters. The highest BCUT2D eigenvalue weighted by Gasteiger charge is 2.44. The first-order chi connectivity index (χ1) is 11.8. The van der Waals surface area contributed by atoms with Crippen molar-refractivity contribution in [1.29, 1.82) is 0 Å². The zero-order chi connectivity index (χ0) is 18.2. The van der Waals surface area contributed by atoms with Gasteiger partial charge in [0.1, 0.15) is 0 Å². The van der Waals surface area contributed by atoms with Crippen LogP contribution >= 0.6 is 23.7 Å². The molecule has 0 saturated carbocycles. The molecule has 2 aliphatic heterocycles. The van der Waals surface area contributed by atoms with Crippen LogP contribution in [-0.2, 0) is 4.79 Å². The molecule has 1 unspecified atom stereocenters. The first-order valence-electron chi connectivity index (χ1n) is 7.70. The Balaban J connectivity index is 0.00000243. The van der Waals surface area contributed by atoms with Gasteiger partial charge in [-0.25, -0.2) is 8.78 Å². The number of nitrogens with zero attached hydrogens (tertiary/aromatic N) is 3. The summed E-state index contributed by atoms with van der Waals surface area (Å²) >= 11 is 0.806. The quantitative estimate of drug-likeness (QED) is 0.599. The second kappa shape index (κ2) is 7.80. The molecule has 0 bridgehead atoms. The van der Waals surface area contributed by atoms with E-state index in [4.69, 9.17) is 0 Å². The lowest BCUT2D eigenvalue weighted by Crippen LogP contribution is -2.54. The summed E-state index contributed by atoms with van der Waals surface area (Å²) in [5.74, 6) is -3.57. The molecule has 2 amide bonds. The smallest absolute Gasteiger partial charge is 0.324 e. The number of hydrogen-bond donors (Lipinski definition) is 1. The van der Waals surface area contributed by atoms with Crippen LogP contribution in [0.3, 0.4) is 0 Å². The third-order valence-electron chi connectivity index (χ3n) is 4.27. The van der Waals surface area contributed by atoms with Gasteiger partial charge in [0, 0.05) is 38.7 Å². The monoisotopic (exact) mass is 410 g/mol. The molecule has 1 N–H and O–H groups in total. The number of piperazine rings is 1. The van der Waals surface area contributed by atoms with Crippen molar-refractivity contribution in [2.24, 2.45) is 0 Å². The Labute approximate surface area is 157 Å². The minimum atomic E-state index is -2.87. The second-order valence-electron chi connectivity index (χ2n) is 6.01. The highest BCUT2D eigenvalue weighted by molar-refractivity contribution is 7.17. The number of nitro groups is 1. The van der Waals surface area contributed by atoms with Crippen molar-refractivity contribution in [3.8, 4) is 0 Å². The van der Waals surface area contributed by atoms with E-state index in [2.05, 4.69) is 5.32 Å². The number of hydrogen-bond acceptors (Lipinski definition) is 6. The summed E-state index contributed by atoms with van der Waals surface area (Å²) in [5, 5.41) is 13.1. The summed E-state index contributed by atoms with van der Waals surface area (Å²) in [5.41, 5.74) is 0. The van der Waals surface area contributed by atoms with E-state index in [1.807, 2.05) is 0 Å². The fourth-order valence-corrected chi connectivity index (χ4v) is 3.73. The second-order valence-corrected chi connectivity index (χ2v) is 7.07. The van der Waals surface area contributed by atoms with Crippen LogP contribution in [0.15, 0.2) is 12.1 Å². The first-order valence-corrected chi connectivity index (χ1v) is 8.52. The predicted octanol–water partition coefficient (Wildman–Crippen LogP) is 1.36. The van der Waals surface area contributed by atoms with E-state index in [1.54, 1.807) is 0 Å². The van der Waals surface area contributed by atoms with E-state index in [-0.39, 0.29) is 60.3 Å². The SMILES string of the molecule is Cl.O=C(c1ccc([N+](=O)[O-])s1)N1CCN(C(=O)C2CC(F)(F)CN2)CC1. The van der Waals surface area contributed by atoms with Crippen LogP contribution in [0.4, 0.5) is 13.8 Å². The summed E-state index contributed by atoms with van der Waals surface area (Å²) in [6, 6.07) is 1.80. The Kier molecular flexibility index (Phi) is 6.14. The average molecular weight is 411 g/mol. The maximum atomic E-state index is 13.2. The summed E-state index contributed by atoms with van der Waals surface area (Å²) in [4.78, 5) is 38.0. The molecule has 12 heteroatoms. The van der Waals surface area contributed by atoms with Crippen LogP contribution in [0.1, 0.15) is 16.1 Å². The van der Waals surface area contributed by atoms with Gasteiger partial charge in [0.05, 0.1) is 22.4 Å². The summed E-state index contributed by atoms with van der Waals surface area (Å²) in [6.45, 7) is 0.529. The molecule has 2 fully saturated rings. The topological polar surface area (TPSA) is 95.8 Å². The molecule has 0 aliphatic carbocycles. The number of halogens is 3. The molecular weight excluding hydrogens is 394 g/mol. The van der Waals surface area contributed by atoms with Crippen LogP contribution in [0.25, 0.3) is 0 Å². The summed E-state index contributed by atoms with van der Waals surface area (Å²) in [7, 11) is 0. The van der Waals surface area contributed by atoms with Gasteiger partial charge in [-0.05, 0) is 6.07 Å². The first kappa shape index (κ1) is 20.5. The van der Waals surface area contributed by atoms with Gasteiger partial charge in [-0.2, -0.15) is 0 Å². The molecule has 3 rings (SSSR count). The zero-order valence-corrected chi connectivity index (χ0v) is 15.2. The summed E-state index contributed by atoms with van der Waals surface area (Å²) < 4.78 is 26.4. The zero-order valence-electron chi connectivity index (χ0n) is 13.5. The van der Waals surface area contributed by atoms with Gasteiger partial charge in [-0.1, -0.05) is 11.3 Å². The van der Waals surface area contributed by atoms with E-state index in [0.717, 1.165) is 11.3 Å². The number of carbonyl (C=O) groups excluding carboxylic acids is 2. The molecule has 2 saturated heterocycles. The Morgan fingerprint density at radius 2 is 1.85 bits per heavy atom. The van der Waals surface area contributed by atoms with E-state index in [0.29, 0.717) is 0 Å². The maximum Gasteiger partial charge on any atom is 0.324 e. The van der Waals surface area contributed by atoms with Crippen molar-refractivity contribution in [1.82, 2.24) is 15.1 Å². The van der Waals surface area contributed by atoms with Crippen molar-refractivity contribution in [2.75, 3.05) is 32.7 Å². The van der Waals surface area contributed by atoms with Crippen LogP contribution in [-0.4, -0.2) is 71.2 Å². The van der Waals surface area contributed by atoms with E-state index in [1.165, 1.54) is 21.9 Å². The lowest BCUT2D eigenvalue weighted by atomic mass is 10.1. The highest BCUT2D eigenvalue weighted by atomic mass is 35.5. The van der Waals surface area contributed by atoms with Crippen molar-refractivity contribution in [2.45, 2.75) is 18.4 Å². The van der Waals surface area contributed by atoms with E-state index in [9.17, 15) is 28.5 Å². The van der Waals surface area contributed by atoms with Gasteiger partial charge in [-0.3, -0.25) is 25.0 Å². The standard InChI is InChI=1S/C14H16F2N4O4S.ClH/c15-14(16)7-9(17-8-14)12(21)18-3-5-19(6-4-18)13(22)10-1-2-11(25-10)20(23)24;/h1-2,9,17H,3-8H2;1H. The fraction of sp³-hybridized carbons (Fsp3) is 0.571. The van der Waals surface area contributed by atoms with Crippen LogP contribution in [0.2, 0.25) is 0 Å². The van der Waals surface area contributed by atoms with Crippen LogP contribution in [0, 0.1) is 10.1 Å². The molecule has 144 valence electrons. The highest BCUT2D eigenvalue weighted by Crippen LogP contribution is 2.27. The minimum Gasteiger partial charge on any atom is -0.338 e. The van der Waals surface area contributed by atoms with Crippen molar-refractivity contribution < 1.29 is 23.3 Å². The average Bonchev–Trinajstić information content (AvgIpc) is 3.20. The molecular formula is C14H17ClF2N4O4S. The van der Waals surface area contributed by atoms with Crippen LogP contribution < -0.4 is 5.32 Å². The third kappa shape index (κ3) is 4.27. The maximum absolute atomic E-state index is 13.2. The lowest BCUT2D eigenvalue weighted by Gasteiger charge is -2.35. The number of nitrogens with one attached hydrogen (secondary N) is 1. The normalized spacial score (nSPS) is 22.0. The van der Waals surface area contributed by atoms with E-state index >= 15 is 0 Å². The Morgan fingerprint density at radius 3 is 2.35 bits per heavy atom. The van der Waals surface area contributed by atoms with Gasteiger partial charge in [0.2, 0.25) is 5.91 Å². The van der Waals surface area contributed by atoms with E-state index < -0.39 is 29.9 Å². The van der Waals surface area contributed by atoms with Crippen LogP contribution in [0.5, 0.6) is 0 Å². The Bertz CT molecular complexity index is 709. The minimum absolute atomic E-state index is 0. The molecule has 0 spiro atoms. The molecule has 1 aromatic rings. The van der Waals surface area contributed by atoms with Gasteiger partial charge in [-0.15, -0.1) is 12.4 Å². The fourth-order valence-electron chi connectivity index (χ4n) is 2.94. The Morgan fingerprint density at radius 1 is 1.23 bits per heavy atom. The number of alkyl halides is 2. The largest absolute Gasteiger partial charge is 0.338 e. The van der Waals surface area contributed by atoms with Gasteiger partial charge < -0.3 is 9.80 Å². The molecule has 8 nitrogen and oxygen atoms in total. The summed E-state index contributed by atoms with van der Waals surface area (Å²) in [6.07, 6.45) is -0.510. The molecule has 3 heterocycles. The van der Waals surface area contributed by atoms with Gasteiger partial charge >= 0.3 is 5.00 Å². The van der Waals surface area contributed by atoms with Gasteiger partial charge in [0.15, 0.2) is 0 Å². The van der Waals surface area contributed by atoms with Gasteiger partial charge in [0.25, 0.3) is 11.8 Å². The Hall–Kier alpha value is -1.85. The molecule has 26 heavy (non-hydrogen) atoms. The lowest BCUT2D eigenvalue weighted by molar-refractivity contribution is -0.380. The number of carbonyl (C=O) groups is 2. The molecule has 0 radical (unpaired) electrons.